The summed E-state index contributed by atoms with van der Waals surface area (Å²) in [6.45, 7) is 7.13. The SMILES string of the molecule is CC(C)(O)c1cc2c(cc1C(C)(C)F)OCCO2. The van der Waals surface area contributed by atoms with E-state index in [1.807, 2.05) is 0 Å². The first kappa shape index (κ1) is 13.1. The zero-order valence-corrected chi connectivity index (χ0v) is 11.2. The summed E-state index contributed by atoms with van der Waals surface area (Å²) in [5.41, 5.74) is -1.72. The summed E-state index contributed by atoms with van der Waals surface area (Å²) < 4.78 is 25.2. The van der Waals surface area contributed by atoms with Crippen LogP contribution in [0, 0.1) is 0 Å². The Balaban J connectivity index is 2.63. The molecule has 0 saturated carbocycles. The largest absolute Gasteiger partial charge is 0.486 e. The van der Waals surface area contributed by atoms with E-state index < -0.39 is 11.3 Å². The van der Waals surface area contributed by atoms with Gasteiger partial charge < -0.3 is 14.6 Å². The average Bonchev–Trinajstić information content (AvgIpc) is 2.25. The fourth-order valence-electron chi connectivity index (χ4n) is 2.09. The van der Waals surface area contributed by atoms with Crippen molar-refractivity contribution < 1.29 is 19.0 Å². The molecule has 1 aromatic carbocycles. The molecule has 0 unspecified atom stereocenters. The summed E-state index contributed by atoms with van der Waals surface area (Å²) in [5, 5.41) is 10.2. The first-order chi connectivity index (χ1) is 8.19. The second-order valence-corrected chi connectivity index (χ2v) is 5.57. The van der Waals surface area contributed by atoms with E-state index in [4.69, 9.17) is 9.47 Å². The smallest absolute Gasteiger partial charge is 0.161 e. The van der Waals surface area contributed by atoms with Crippen molar-refractivity contribution in [2.24, 2.45) is 0 Å². The van der Waals surface area contributed by atoms with Gasteiger partial charge in [-0.1, -0.05) is 0 Å². The lowest BCUT2D eigenvalue weighted by Crippen LogP contribution is -2.25. The van der Waals surface area contributed by atoms with Crippen LogP contribution >= 0.6 is 0 Å². The van der Waals surface area contributed by atoms with Crippen LogP contribution in [0.4, 0.5) is 4.39 Å². The van der Waals surface area contributed by atoms with Gasteiger partial charge in [-0.3, -0.25) is 0 Å². The molecule has 1 heterocycles. The Kier molecular flexibility index (Phi) is 3.01. The Bertz CT molecular complexity index is 412. The molecule has 1 aliphatic heterocycles. The van der Waals surface area contributed by atoms with Crippen LogP contribution in [0.25, 0.3) is 0 Å². The molecule has 3 nitrogen and oxygen atoms in total. The minimum Gasteiger partial charge on any atom is -0.486 e. The lowest BCUT2D eigenvalue weighted by molar-refractivity contribution is 0.0718. The van der Waals surface area contributed by atoms with Gasteiger partial charge in [-0.2, -0.15) is 0 Å². The number of fused-ring (bicyclic) bond motifs is 1. The molecular formula is C14H19FO3. The molecule has 4 heteroatoms. The van der Waals surface area contributed by atoms with E-state index in [1.54, 1.807) is 26.0 Å². The molecule has 0 radical (unpaired) electrons. The molecular weight excluding hydrogens is 235 g/mol. The van der Waals surface area contributed by atoms with Crippen molar-refractivity contribution in [1.29, 1.82) is 0 Å². The maximum absolute atomic E-state index is 14.3. The quantitative estimate of drug-likeness (QED) is 0.882. The highest BCUT2D eigenvalue weighted by Crippen LogP contribution is 2.42. The molecule has 0 fully saturated rings. The molecule has 1 aromatic rings. The van der Waals surface area contributed by atoms with Crippen molar-refractivity contribution >= 4 is 0 Å². The summed E-state index contributed by atoms with van der Waals surface area (Å²) in [7, 11) is 0. The maximum Gasteiger partial charge on any atom is 0.161 e. The molecule has 0 aromatic heterocycles. The number of halogens is 1. The van der Waals surface area contributed by atoms with Crippen LogP contribution < -0.4 is 9.47 Å². The molecule has 0 aliphatic carbocycles. The monoisotopic (exact) mass is 254 g/mol. The van der Waals surface area contributed by atoms with Gasteiger partial charge in [0, 0.05) is 0 Å². The Morgan fingerprint density at radius 1 is 1.00 bits per heavy atom. The molecule has 18 heavy (non-hydrogen) atoms. The number of alkyl halides is 1. The minimum absolute atomic E-state index is 0.430. The van der Waals surface area contributed by atoms with E-state index in [-0.39, 0.29) is 0 Å². The van der Waals surface area contributed by atoms with Gasteiger partial charge in [0.25, 0.3) is 0 Å². The summed E-state index contributed by atoms with van der Waals surface area (Å²) >= 11 is 0. The number of benzene rings is 1. The zero-order valence-electron chi connectivity index (χ0n) is 11.2. The van der Waals surface area contributed by atoms with Gasteiger partial charge in [0.15, 0.2) is 11.5 Å². The average molecular weight is 254 g/mol. The number of aliphatic hydroxyl groups is 1. The van der Waals surface area contributed by atoms with Gasteiger partial charge in [0.2, 0.25) is 0 Å². The molecule has 0 saturated heterocycles. The van der Waals surface area contributed by atoms with Crippen LogP contribution in [0.1, 0.15) is 38.8 Å². The molecule has 0 spiro atoms. The first-order valence-electron chi connectivity index (χ1n) is 6.05. The topological polar surface area (TPSA) is 38.7 Å². The summed E-state index contributed by atoms with van der Waals surface area (Å²) in [5.74, 6) is 1.10. The highest BCUT2D eigenvalue weighted by molar-refractivity contribution is 5.51. The normalized spacial score (nSPS) is 15.7. The summed E-state index contributed by atoms with van der Waals surface area (Å²) in [6.07, 6.45) is 0. The summed E-state index contributed by atoms with van der Waals surface area (Å²) in [4.78, 5) is 0. The van der Waals surface area contributed by atoms with Gasteiger partial charge in [0.05, 0.1) is 5.60 Å². The van der Waals surface area contributed by atoms with Gasteiger partial charge in [-0.25, -0.2) is 4.39 Å². The molecule has 1 N–H and O–H groups in total. The van der Waals surface area contributed by atoms with E-state index in [0.717, 1.165) is 0 Å². The molecule has 0 bridgehead atoms. The van der Waals surface area contributed by atoms with E-state index in [0.29, 0.717) is 35.8 Å². The van der Waals surface area contributed by atoms with Crippen LogP contribution in [0.5, 0.6) is 11.5 Å². The summed E-state index contributed by atoms with van der Waals surface area (Å²) in [6, 6.07) is 3.30. The van der Waals surface area contributed by atoms with Crippen LogP contribution in [0.15, 0.2) is 12.1 Å². The van der Waals surface area contributed by atoms with Crippen molar-refractivity contribution in [2.45, 2.75) is 39.0 Å². The van der Waals surface area contributed by atoms with E-state index in [1.165, 1.54) is 13.8 Å². The second kappa shape index (κ2) is 4.12. The van der Waals surface area contributed by atoms with Crippen LogP contribution in [0.2, 0.25) is 0 Å². The van der Waals surface area contributed by atoms with Crippen molar-refractivity contribution in [3.63, 3.8) is 0 Å². The Labute approximate surface area is 107 Å². The van der Waals surface area contributed by atoms with E-state index in [2.05, 4.69) is 0 Å². The van der Waals surface area contributed by atoms with Gasteiger partial charge in [-0.05, 0) is 51.0 Å². The standard InChI is InChI=1S/C14H19FO3/c1-13(2,15)9-7-11-12(18-6-5-17-11)8-10(9)14(3,4)16/h7-8,16H,5-6H2,1-4H3. The van der Waals surface area contributed by atoms with Crippen LogP contribution in [0.3, 0.4) is 0 Å². The highest BCUT2D eigenvalue weighted by atomic mass is 19.1. The maximum atomic E-state index is 14.3. The lowest BCUT2D eigenvalue weighted by Gasteiger charge is -2.29. The van der Waals surface area contributed by atoms with E-state index >= 15 is 0 Å². The molecule has 0 amide bonds. The van der Waals surface area contributed by atoms with Crippen LogP contribution in [-0.2, 0) is 11.3 Å². The zero-order chi connectivity index (χ0) is 13.6. The predicted octanol–water partition coefficient (Wildman–Crippen LogP) is 2.89. The number of hydrogen-bond acceptors (Lipinski definition) is 3. The molecule has 2 rings (SSSR count). The predicted molar refractivity (Wildman–Crippen MR) is 66.8 cm³/mol. The third-order valence-corrected chi connectivity index (χ3v) is 2.98. The molecule has 100 valence electrons. The Hall–Kier alpha value is -1.29. The fourth-order valence-corrected chi connectivity index (χ4v) is 2.09. The van der Waals surface area contributed by atoms with Crippen LogP contribution in [-0.4, -0.2) is 18.3 Å². The van der Waals surface area contributed by atoms with Crippen molar-refractivity contribution in [3.8, 4) is 11.5 Å². The highest BCUT2D eigenvalue weighted by Gasteiger charge is 2.32. The van der Waals surface area contributed by atoms with Crippen molar-refractivity contribution in [2.75, 3.05) is 13.2 Å². The Morgan fingerprint density at radius 3 is 1.83 bits per heavy atom. The fraction of sp³-hybridized carbons (Fsp3) is 0.571. The van der Waals surface area contributed by atoms with E-state index in [9.17, 15) is 9.50 Å². The minimum atomic E-state index is -1.55. The molecule has 1 aliphatic rings. The third kappa shape index (κ3) is 2.43. The number of ether oxygens (including phenoxy) is 2. The Morgan fingerprint density at radius 2 is 1.44 bits per heavy atom. The first-order valence-corrected chi connectivity index (χ1v) is 6.05. The van der Waals surface area contributed by atoms with Gasteiger partial charge in [-0.15, -0.1) is 0 Å². The lowest BCUT2D eigenvalue weighted by atomic mass is 9.86. The van der Waals surface area contributed by atoms with Gasteiger partial charge in [0.1, 0.15) is 18.9 Å². The van der Waals surface area contributed by atoms with Crippen molar-refractivity contribution in [3.05, 3.63) is 23.3 Å². The van der Waals surface area contributed by atoms with Gasteiger partial charge >= 0.3 is 0 Å². The second-order valence-electron chi connectivity index (χ2n) is 5.57. The van der Waals surface area contributed by atoms with Crippen molar-refractivity contribution in [1.82, 2.24) is 0 Å². The third-order valence-electron chi connectivity index (χ3n) is 2.98. The molecule has 0 atom stereocenters. The number of hydrogen-bond donors (Lipinski definition) is 1. The number of rotatable bonds is 2.